The Hall–Kier alpha value is -0.700. The first-order valence-corrected chi connectivity index (χ1v) is 10.6. The summed E-state index contributed by atoms with van der Waals surface area (Å²) in [5.41, 5.74) is 0.783. The lowest BCUT2D eigenvalue weighted by Gasteiger charge is -2.38. The van der Waals surface area contributed by atoms with E-state index in [1.165, 1.54) is 6.07 Å². The fraction of sp³-hybridized carbons (Fsp3) is 0.647. The van der Waals surface area contributed by atoms with Crippen molar-refractivity contribution in [3.05, 3.63) is 35.1 Å². The maximum atomic E-state index is 13.8. The summed E-state index contributed by atoms with van der Waals surface area (Å²) in [5.74, 6) is -0.215. The second-order valence-electron chi connectivity index (χ2n) is 7.11. The van der Waals surface area contributed by atoms with Gasteiger partial charge in [0.25, 0.3) is 0 Å². The van der Waals surface area contributed by atoms with Crippen molar-refractivity contribution in [2.45, 2.75) is 50.4 Å². The number of halogens is 1. The van der Waals surface area contributed by atoms with E-state index in [1.54, 1.807) is 19.4 Å². The zero-order valence-electron chi connectivity index (χ0n) is 13.7. The number of benzene rings is 1. The van der Waals surface area contributed by atoms with Crippen molar-refractivity contribution in [3.8, 4) is 0 Å². The van der Waals surface area contributed by atoms with Crippen LogP contribution < -0.4 is 5.32 Å². The highest BCUT2D eigenvalue weighted by atomic mass is 31.2. The summed E-state index contributed by atoms with van der Waals surface area (Å²) in [6.45, 7) is 6.28. The minimum atomic E-state index is -2.17. The van der Waals surface area contributed by atoms with E-state index in [0.717, 1.165) is 18.4 Å². The maximum Gasteiger partial charge on any atom is 0.127 e. The van der Waals surface area contributed by atoms with E-state index in [2.05, 4.69) is 5.32 Å². The Morgan fingerprint density at radius 2 is 2.18 bits per heavy atom. The Balaban J connectivity index is 1.91. The molecule has 1 saturated carbocycles. The number of hydrogen-bond acceptors (Lipinski definition) is 3. The lowest BCUT2D eigenvalue weighted by Crippen LogP contribution is -2.45. The molecule has 1 aromatic carbocycles. The Kier molecular flexibility index (Phi) is 5.47. The van der Waals surface area contributed by atoms with Crippen molar-refractivity contribution < 1.29 is 14.1 Å². The summed E-state index contributed by atoms with van der Waals surface area (Å²) < 4.78 is 26.0. The standard InChI is InChI=1S/C17H27FNO2P/c1-13-6-7-14(16(18)9-13)11-19-12-17(20)8-4-5-15(10-17)22(2,3)21/h6-7,9,15,19-20H,4-5,8,10-12H2,1-3H3. The summed E-state index contributed by atoms with van der Waals surface area (Å²) in [6, 6.07) is 5.18. The van der Waals surface area contributed by atoms with Gasteiger partial charge in [-0.2, -0.15) is 0 Å². The van der Waals surface area contributed by atoms with Crippen LogP contribution in [0, 0.1) is 12.7 Å². The van der Waals surface area contributed by atoms with Crippen LogP contribution in [0.3, 0.4) is 0 Å². The molecule has 2 atom stereocenters. The Labute approximate surface area is 132 Å². The zero-order valence-corrected chi connectivity index (χ0v) is 14.6. The maximum absolute atomic E-state index is 13.8. The summed E-state index contributed by atoms with van der Waals surface area (Å²) in [7, 11) is -2.17. The molecule has 0 aromatic heterocycles. The molecule has 1 fully saturated rings. The van der Waals surface area contributed by atoms with Crippen molar-refractivity contribution in [3.63, 3.8) is 0 Å². The number of nitrogens with one attached hydrogen (secondary N) is 1. The van der Waals surface area contributed by atoms with E-state index in [1.807, 2.05) is 13.0 Å². The van der Waals surface area contributed by atoms with E-state index in [0.29, 0.717) is 31.5 Å². The summed E-state index contributed by atoms with van der Waals surface area (Å²) >= 11 is 0. The molecule has 2 N–H and O–H groups in total. The van der Waals surface area contributed by atoms with Crippen LogP contribution in [0.15, 0.2) is 18.2 Å². The minimum absolute atomic E-state index is 0.101. The van der Waals surface area contributed by atoms with Crippen molar-refractivity contribution in [1.29, 1.82) is 0 Å². The van der Waals surface area contributed by atoms with Crippen LogP contribution in [-0.2, 0) is 11.1 Å². The first-order valence-electron chi connectivity index (χ1n) is 7.92. The third-order valence-corrected chi connectivity index (χ3v) is 6.85. The number of rotatable bonds is 5. The van der Waals surface area contributed by atoms with Gasteiger partial charge in [0.1, 0.15) is 5.82 Å². The van der Waals surface area contributed by atoms with Gasteiger partial charge in [-0.05, 0) is 57.6 Å². The molecule has 0 radical (unpaired) electrons. The molecule has 2 rings (SSSR count). The first-order chi connectivity index (χ1) is 10.2. The zero-order chi connectivity index (χ0) is 16.4. The molecule has 2 unspecified atom stereocenters. The van der Waals surface area contributed by atoms with Gasteiger partial charge in [-0.25, -0.2) is 4.39 Å². The highest BCUT2D eigenvalue weighted by Crippen LogP contribution is 2.50. The van der Waals surface area contributed by atoms with Gasteiger partial charge in [0.05, 0.1) is 12.7 Å². The largest absolute Gasteiger partial charge is 0.389 e. The Bertz CT molecular complexity index is 572. The molecule has 22 heavy (non-hydrogen) atoms. The van der Waals surface area contributed by atoms with Crippen LogP contribution in [0.25, 0.3) is 0 Å². The van der Waals surface area contributed by atoms with Gasteiger partial charge in [-0.1, -0.05) is 12.1 Å². The first kappa shape index (κ1) is 17.7. The third kappa shape index (κ3) is 4.65. The Morgan fingerprint density at radius 1 is 1.45 bits per heavy atom. The minimum Gasteiger partial charge on any atom is -0.389 e. The average molecular weight is 327 g/mol. The van der Waals surface area contributed by atoms with E-state index in [-0.39, 0.29) is 11.5 Å². The van der Waals surface area contributed by atoms with Crippen LogP contribution in [0.1, 0.15) is 36.8 Å². The highest BCUT2D eigenvalue weighted by Gasteiger charge is 2.38. The summed E-state index contributed by atoms with van der Waals surface area (Å²) in [5, 5.41) is 13.9. The molecule has 1 aliphatic carbocycles. The average Bonchev–Trinajstić information content (AvgIpc) is 2.40. The SMILES string of the molecule is Cc1ccc(CNCC2(O)CCCC(P(C)(C)=O)C2)c(F)c1. The monoisotopic (exact) mass is 327 g/mol. The molecule has 1 aliphatic rings. The topological polar surface area (TPSA) is 49.3 Å². The molecule has 0 spiro atoms. The van der Waals surface area contributed by atoms with Gasteiger partial charge < -0.3 is 15.0 Å². The summed E-state index contributed by atoms with van der Waals surface area (Å²) in [4.78, 5) is 0. The van der Waals surface area contributed by atoms with Crippen LogP contribution in [0.2, 0.25) is 0 Å². The highest BCUT2D eigenvalue weighted by molar-refractivity contribution is 7.63. The molecule has 0 saturated heterocycles. The third-order valence-electron chi connectivity index (χ3n) is 4.65. The van der Waals surface area contributed by atoms with Crippen LogP contribution in [0.4, 0.5) is 4.39 Å². The second kappa shape index (κ2) is 6.82. The predicted octanol–water partition coefficient (Wildman–Crippen LogP) is 3.52. The smallest absolute Gasteiger partial charge is 0.127 e. The molecule has 0 aliphatic heterocycles. The molecule has 1 aromatic rings. The van der Waals surface area contributed by atoms with Crippen molar-refractivity contribution in [1.82, 2.24) is 5.32 Å². The van der Waals surface area contributed by atoms with Crippen molar-refractivity contribution in [2.75, 3.05) is 19.9 Å². The van der Waals surface area contributed by atoms with Gasteiger partial charge >= 0.3 is 0 Å². The molecule has 3 nitrogen and oxygen atoms in total. The van der Waals surface area contributed by atoms with Gasteiger partial charge in [-0.3, -0.25) is 0 Å². The summed E-state index contributed by atoms with van der Waals surface area (Å²) in [6.07, 6.45) is 3.11. The fourth-order valence-corrected chi connectivity index (χ4v) is 4.81. The molecular weight excluding hydrogens is 300 g/mol. The van der Waals surface area contributed by atoms with Gasteiger partial charge in [0.2, 0.25) is 0 Å². The molecule has 0 heterocycles. The number of hydrogen-bond donors (Lipinski definition) is 2. The van der Waals surface area contributed by atoms with E-state index in [9.17, 15) is 14.1 Å². The predicted molar refractivity (Wildman–Crippen MR) is 89.5 cm³/mol. The lowest BCUT2D eigenvalue weighted by atomic mass is 9.84. The van der Waals surface area contributed by atoms with Gasteiger partial charge in [0, 0.05) is 24.3 Å². The number of aryl methyl sites for hydroxylation is 1. The lowest BCUT2D eigenvalue weighted by molar-refractivity contribution is 0.00575. The second-order valence-corrected chi connectivity index (χ2v) is 10.7. The van der Waals surface area contributed by atoms with Crippen molar-refractivity contribution >= 4 is 7.14 Å². The quantitative estimate of drug-likeness (QED) is 0.814. The van der Waals surface area contributed by atoms with Gasteiger partial charge in [0.15, 0.2) is 0 Å². The van der Waals surface area contributed by atoms with Gasteiger partial charge in [-0.15, -0.1) is 0 Å². The molecular formula is C17H27FNO2P. The fourth-order valence-electron chi connectivity index (χ4n) is 3.23. The number of aliphatic hydroxyl groups is 1. The Morgan fingerprint density at radius 3 is 2.82 bits per heavy atom. The van der Waals surface area contributed by atoms with Crippen LogP contribution in [-0.4, -0.2) is 36.2 Å². The molecule has 124 valence electrons. The van der Waals surface area contributed by atoms with Crippen LogP contribution in [0.5, 0.6) is 0 Å². The molecule has 0 bridgehead atoms. The van der Waals surface area contributed by atoms with Crippen molar-refractivity contribution in [2.24, 2.45) is 0 Å². The molecule has 5 heteroatoms. The molecule has 0 amide bonds. The van der Waals surface area contributed by atoms with E-state index >= 15 is 0 Å². The van der Waals surface area contributed by atoms with Crippen LogP contribution >= 0.6 is 7.14 Å². The normalized spacial score (nSPS) is 26.1. The van der Waals surface area contributed by atoms with E-state index < -0.39 is 12.7 Å². The van der Waals surface area contributed by atoms with E-state index in [4.69, 9.17) is 0 Å².